The molecule has 0 bridgehead atoms. The van der Waals surface area contributed by atoms with E-state index in [9.17, 15) is 4.79 Å². The monoisotopic (exact) mass is 209 g/mol. The first-order valence-corrected chi connectivity index (χ1v) is 4.63. The van der Waals surface area contributed by atoms with E-state index in [4.69, 9.17) is 5.11 Å². The van der Waals surface area contributed by atoms with E-state index in [-0.39, 0.29) is 0 Å². The molecule has 1 atom stereocenters. The average molecular weight is 209 g/mol. The number of pyridine rings is 1. The van der Waals surface area contributed by atoms with Gasteiger partial charge in [-0.3, -0.25) is 4.79 Å². The molecule has 0 aliphatic heterocycles. The van der Waals surface area contributed by atoms with Crippen LogP contribution in [0.3, 0.4) is 0 Å². The van der Waals surface area contributed by atoms with Crippen LogP contribution in [0.1, 0.15) is 6.92 Å². The Morgan fingerprint density at radius 3 is 2.60 bits per heavy atom. The van der Waals surface area contributed by atoms with Gasteiger partial charge in [-0.1, -0.05) is 0 Å². The molecule has 0 amide bonds. The molecule has 1 heterocycles. The van der Waals surface area contributed by atoms with Crippen LogP contribution in [0.15, 0.2) is 18.3 Å². The summed E-state index contributed by atoms with van der Waals surface area (Å²) in [6.45, 7) is 1.59. The highest BCUT2D eigenvalue weighted by atomic mass is 16.4. The first kappa shape index (κ1) is 11.3. The zero-order valence-corrected chi connectivity index (χ0v) is 9.06. The van der Waals surface area contributed by atoms with Crippen molar-refractivity contribution in [3.05, 3.63) is 18.3 Å². The van der Waals surface area contributed by atoms with E-state index in [1.165, 1.54) is 0 Å². The highest BCUT2D eigenvalue weighted by Gasteiger charge is 2.09. The lowest BCUT2D eigenvalue weighted by Gasteiger charge is -2.13. The number of aliphatic carboxylic acids is 1. The maximum atomic E-state index is 10.6. The molecule has 0 saturated carbocycles. The van der Waals surface area contributed by atoms with Crippen molar-refractivity contribution < 1.29 is 9.90 Å². The predicted molar refractivity (Wildman–Crippen MR) is 59.3 cm³/mol. The third-order valence-corrected chi connectivity index (χ3v) is 1.96. The molecule has 0 aliphatic carbocycles. The molecule has 2 N–H and O–H groups in total. The SMILES string of the molecule is CC(Nc1ccc(N(C)C)nc1)C(=O)O. The van der Waals surface area contributed by atoms with Gasteiger partial charge in [-0.05, 0) is 19.1 Å². The van der Waals surface area contributed by atoms with Crippen LogP contribution in [0, 0.1) is 0 Å². The zero-order valence-electron chi connectivity index (χ0n) is 9.06. The summed E-state index contributed by atoms with van der Waals surface area (Å²) in [4.78, 5) is 16.6. The molecule has 5 heteroatoms. The summed E-state index contributed by atoms with van der Waals surface area (Å²) < 4.78 is 0. The van der Waals surface area contributed by atoms with Crippen LogP contribution in [0.5, 0.6) is 0 Å². The molecule has 1 rings (SSSR count). The highest BCUT2D eigenvalue weighted by Crippen LogP contribution is 2.12. The first-order valence-electron chi connectivity index (χ1n) is 4.63. The van der Waals surface area contributed by atoms with Crippen molar-refractivity contribution in [2.75, 3.05) is 24.3 Å². The van der Waals surface area contributed by atoms with Crippen molar-refractivity contribution in [1.29, 1.82) is 0 Å². The second-order valence-corrected chi connectivity index (χ2v) is 3.50. The quantitative estimate of drug-likeness (QED) is 0.775. The average Bonchev–Trinajstić information content (AvgIpc) is 2.18. The third-order valence-electron chi connectivity index (χ3n) is 1.96. The molecule has 1 aromatic rings. The van der Waals surface area contributed by atoms with Crippen LogP contribution in [0.25, 0.3) is 0 Å². The number of carboxylic acids is 1. The fraction of sp³-hybridized carbons (Fsp3) is 0.400. The van der Waals surface area contributed by atoms with Gasteiger partial charge in [-0.25, -0.2) is 4.98 Å². The summed E-state index contributed by atoms with van der Waals surface area (Å²) >= 11 is 0. The van der Waals surface area contributed by atoms with Crippen molar-refractivity contribution in [1.82, 2.24) is 4.98 Å². The summed E-state index contributed by atoms with van der Waals surface area (Å²) in [5.74, 6) is -0.0461. The molecule has 0 radical (unpaired) electrons. The van der Waals surface area contributed by atoms with E-state index in [0.29, 0.717) is 5.69 Å². The van der Waals surface area contributed by atoms with Gasteiger partial charge in [0, 0.05) is 14.1 Å². The van der Waals surface area contributed by atoms with Gasteiger partial charge in [0.2, 0.25) is 0 Å². The number of nitrogens with zero attached hydrogens (tertiary/aromatic N) is 2. The normalized spacial score (nSPS) is 11.9. The lowest BCUT2D eigenvalue weighted by atomic mass is 10.3. The number of carbonyl (C=O) groups is 1. The number of hydrogen-bond donors (Lipinski definition) is 2. The van der Waals surface area contributed by atoms with Gasteiger partial charge in [-0.2, -0.15) is 0 Å². The van der Waals surface area contributed by atoms with Crippen LogP contribution >= 0.6 is 0 Å². The van der Waals surface area contributed by atoms with E-state index in [2.05, 4.69) is 10.3 Å². The Kier molecular flexibility index (Phi) is 3.49. The first-order chi connectivity index (χ1) is 7.00. The van der Waals surface area contributed by atoms with Gasteiger partial charge in [0.15, 0.2) is 0 Å². The molecule has 82 valence electrons. The second-order valence-electron chi connectivity index (χ2n) is 3.50. The summed E-state index contributed by atoms with van der Waals surface area (Å²) in [6.07, 6.45) is 1.62. The summed E-state index contributed by atoms with van der Waals surface area (Å²) in [6, 6.07) is 3.02. The summed E-state index contributed by atoms with van der Waals surface area (Å²) in [7, 11) is 3.80. The standard InChI is InChI=1S/C10H15N3O2/c1-7(10(14)15)12-8-4-5-9(11-6-8)13(2)3/h4-7,12H,1-3H3,(H,14,15). The fourth-order valence-corrected chi connectivity index (χ4v) is 1.05. The topological polar surface area (TPSA) is 65.5 Å². The van der Waals surface area contributed by atoms with Crippen LogP contribution in [0.2, 0.25) is 0 Å². The van der Waals surface area contributed by atoms with Crippen LogP contribution in [-0.2, 0) is 4.79 Å². The van der Waals surface area contributed by atoms with Crippen LogP contribution < -0.4 is 10.2 Å². The minimum atomic E-state index is -0.883. The Morgan fingerprint density at radius 1 is 1.53 bits per heavy atom. The number of hydrogen-bond acceptors (Lipinski definition) is 4. The lowest BCUT2D eigenvalue weighted by Crippen LogP contribution is -2.25. The van der Waals surface area contributed by atoms with E-state index < -0.39 is 12.0 Å². The molecule has 0 aliphatic rings. The smallest absolute Gasteiger partial charge is 0.325 e. The lowest BCUT2D eigenvalue weighted by molar-refractivity contribution is -0.137. The Morgan fingerprint density at radius 2 is 2.20 bits per heavy atom. The molecule has 5 nitrogen and oxygen atoms in total. The maximum Gasteiger partial charge on any atom is 0.325 e. The van der Waals surface area contributed by atoms with Gasteiger partial charge in [0.05, 0.1) is 11.9 Å². The van der Waals surface area contributed by atoms with Gasteiger partial charge in [0.25, 0.3) is 0 Å². The molecule has 0 spiro atoms. The number of nitrogens with one attached hydrogen (secondary N) is 1. The van der Waals surface area contributed by atoms with E-state index in [0.717, 1.165) is 5.82 Å². The molecule has 1 unspecified atom stereocenters. The number of aromatic nitrogens is 1. The van der Waals surface area contributed by atoms with Gasteiger partial charge in [-0.15, -0.1) is 0 Å². The van der Waals surface area contributed by atoms with Crippen LogP contribution in [-0.4, -0.2) is 36.2 Å². The summed E-state index contributed by atoms with van der Waals surface area (Å²) in [5, 5.41) is 11.5. The van der Waals surface area contributed by atoms with Crippen molar-refractivity contribution in [2.24, 2.45) is 0 Å². The number of rotatable bonds is 4. The highest BCUT2D eigenvalue weighted by molar-refractivity contribution is 5.76. The largest absolute Gasteiger partial charge is 0.480 e. The molecule has 1 aromatic heterocycles. The third kappa shape index (κ3) is 3.12. The molecule has 0 fully saturated rings. The molecular formula is C10H15N3O2. The van der Waals surface area contributed by atoms with E-state index in [1.807, 2.05) is 31.1 Å². The Bertz CT molecular complexity index is 335. The zero-order chi connectivity index (χ0) is 11.4. The second kappa shape index (κ2) is 4.63. The van der Waals surface area contributed by atoms with Gasteiger partial charge >= 0.3 is 5.97 Å². The van der Waals surface area contributed by atoms with Crippen molar-refractivity contribution in [2.45, 2.75) is 13.0 Å². The van der Waals surface area contributed by atoms with E-state index >= 15 is 0 Å². The minimum Gasteiger partial charge on any atom is -0.480 e. The Balaban J connectivity index is 2.68. The van der Waals surface area contributed by atoms with Gasteiger partial charge in [0.1, 0.15) is 11.9 Å². The number of anilines is 2. The van der Waals surface area contributed by atoms with Gasteiger partial charge < -0.3 is 15.3 Å². The maximum absolute atomic E-state index is 10.6. The molecule has 0 saturated heterocycles. The van der Waals surface area contributed by atoms with Crippen LogP contribution in [0.4, 0.5) is 11.5 Å². The Labute approximate surface area is 88.7 Å². The molecule has 15 heavy (non-hydrogen) atoms. The van der Waals surface area contributed by atoms with Crippen molar-refractivity contribution >= 4 is 17.5 Å². The summed E-state index contributed by atoms with van der Waals surface area (Å²) in [5.41, 5.74) is 0.704. The molecular weight excluding hydrogens is 194 g/mol. The van der Waals surface area contributed by atoms with Crippen molar-refractivity contribution in [3.8, 4) is 0 Å². The minimum absolute atomic E-state index is 0.614. The number of carboxylic acid groups (broad SMARTS) is 1. The van der Waals surface area contributed by atoms with Crippen molar-refractivity contribution in [3.63, 3.8) is 0 Å². The molecule has 0 aromatic carbocycles. The predicted octanol–water partition coefficient (Wildman–Crippen LogP) is 1.03. The Hall–Kier alpha value is -1.78. The van der Waals surface area contributed by atoms with E-state index in [1.54, 1.807) is 13.1 Å². The fourth-order valence-electron chi connectivity index (χ4n) is 1.05.